The van der Waals surface area contributed by atoms with Crippen LogP contribution in [0.2, 0.25) is 0 Å². The maximum atomic E-state index is 5.52. The number of nitrogens with two attached hydrogens (primary N) is 1. The van der Waals surface area contributed by atoms with Crippen molar-refractivity contribution in [2.45, 2.75) is 11.5 Å². The Balaban J connectivity index is 2.12. The van der Waals surface area contributed by atoms with Crippen LogP contribution < -0.4 is 11.3 Å². The Kier molecular flexibility index (Phi) is 3.08. The summed E-state index contributed by atoms with van der Waals surface area (Å²) < 4.78 is 1.05. The number of rotatable bonds is 2. The van der Waals surface area contributed by atoms with Gasteiger partial charge in [-0.2, -0.15) is 11.8 Å². The number of thioether (sulfide) groups is 1. The molecule has 88 valence electrons. The molecule has 0 atom stereocenters. The molecule has 3 heterocycles. The highest BCUT2D eigenvalue weighted by atomic mass is 79.9. The SMILES string of the molecule is NNc1nc(-c2cc(Br)cs2)nc2c1CSC2. The summed E-state index contributed by atoms with van der Waals surface area (Å²) in [6.45, 7) is 0. The fourth-order valence-corrected chi connectivity index (χ4v) is 4.11. The van der Waals surface area contributed by atoms with E-state index in [1.807, 2.05) is 23.2 Å². The van der Waals surface area contributed by atoms with Crippen LogP contribution in [0.15, 0.2) is 15.9 Å². The molecular weight excluding hydrogens is 320 g/mol. The van der Waals surface area contributed by atoms with Gasteiger partial charge in [-0.25, -0.2) is 15.8 Å². The van der Waals surface area contributed by atoms with Crippen LogP contribution in [0, 0.1) is 0 Å². The Morgan fingerprint density at radius 1 is 1.35 bits per heavy atom. The molecule has 1 aliphatic heterocycles. The highest BCUT2D eigenvalue weighted by Crippen LogP contribution is 2.35. The fraction of sp³-hybridized carbons (Fsp3) is 0.200. The van der Waals surface area contributed by atoms with Crippen LogP contribution in [0.4, 0.5) is 5.82 Å². The Bertz CT molecular complexity index is 569. The molecule has 2 aromatic heterocycles. The van der Waals surface area contributed by atoms with E-state index in [-0.39, 0.29) is 0 Å². The first-order valence-electron chi connectivity index (χ1n) is 4.96. The lowest BCUT2D eigenvalue weighted by Gasteiger charge is -2.07. The second kappa shape index (κ2) is 4.56. The minimum absolute atomic E-state index is 0.745. The summed E-state index contributed by atoms with van der Waals surface area (Å²) in [7, 11) is 0. The van der Waals surface area contributed by atoms with Crippen LogP contribution in [0.3, 0.4) is 0 Å². The van der Waals surface area contributed by atoms with E-state index in [0.29, 0.717) is 0 Å². The normalized spacial score (nSPS) is 13.8. The lowest BCUT2D eigenvalue weighted by Crippen LogP contribution is -2.12. The summed E-state index contributed by atoms with van der Waals surface area (Å²) in [5, 5.41) is 2.02. The highest BCUT2D eigenvalue weighted by Gasteiger charge is 2.20. The van der Waals surface area contributed by atoms with E-state index in [9.17, 15) is 0 Å². The quantitative estimate of drug-likeness (QED) is 0.655. The molecule has 0 aromatic carbocycles. The molecule has 0 radical (unpaired) electrons. The number of anilines is 1. The zero-order chi connectivity index (χ0) is 11.8. The first-order chi connectivity index (χ1) is 8.28. The molecule has 0 unspecified atom stereocenters. The number of fused-ring (bicyclic) bond motifs is 1. The summed E-state index contributed by atoms with van der Waals surface area (Å²) in [6, 6.07) is 2.02. The molecule has 0 aliphatic carbocycles. The van der Waals surface area contributed by atoms with Crippen molar-refractivity contribution in [1.82, 2.24) is 9.97 Å². The Hall–Kier alpha value is -0.630. The zero-order valence-corrected chi connectivity index (χ0v) is 12.0. The van der Waals surface area contributed by atoms with E-state index in [2.05, 4.69) is 31.3 Å². The number of nitrogen functional groups attached to an aromatic ring is 1. The largest absolute Gasteiger partial charge is 0.308 e. The standard InChI is InChI=1S/C10H9BrN4S2/c11-5-1-8(17-2-5)10-13-7-4-16-3-6(7)9(14-10)15-12/h1-2H,3-4,12H2,(H,13,14,15). The molecule has 3 N–H and O–H groups in total. The zero-order valence-electron chi connectivity index (χ0n) is 8.74. The van der Waals surface area contributed by atoms with Crippen molar-refractivity contribution in [1.29, 1.82) is 0 Å². The number of halogens is 1. The predicted molar refractivity (Wildman–Crippen MR) is 75.9 cm³/mol. The van der Waals surface area contributed by atoms with E-state index in [4.69, 9.17) is 5.84 Å². The second-order valence-corrected chi connectivity index (χ2v) is 6.40. The molecule has 0 saturated heterocycles. The molecule has 0 fully saturated rings. The third-order valence-electron chi connectivity index (χ3n) is 2.50. The smallest absolute Gasteiger partial charge is 0.171 e. The van der Waals surface area contributed by atoms with Crippen LogP contribution in [-0.2, 0) is 11.5 Å². The first kappa shape index (κ1) is 11.5. The third-order valence-corrected chi connectivity index (χ3v) is 5.16. The summed E-state index contributed by atoms with van der Waals surface area (Å²) in [6.07, 6.45) is 0. The number of hydrazine groups is 1. The van der Waals surface area contributed by atoms with E-state index in [0.717, 1.165) is 43.8 Å². The average Bonchev–Trinajstić information content (AvgIpc) is 2.95. The predicted octanol–water partition coefficient (Wildman–Crippen LogP) is 3.00. The van der Waals surface area contributed by atoms with Crippen molar-refractivity contribution < 1.29 is 0 Å². The van der Waals surface area contributed by atoms with Crippen molar-refractivity contribution in [3.63, 3.8) is 0 Å². The van der Waals surface area contributed by atoms with Crippen LogP contribution in [0.1, 0.15) is 11.3 Å². The second-order valence-electron chi connectivity index (χ2n) is 3.59. The molecule has 2 aromatic rings. The summed E-state index contributed by atoms with van der Waals surface area (Å²) in [5.74, 6) is 8.88. The molecule has 7 heteroatoms. The van der Waals surface area contributed by atoms with Gasteiger partial charge in [-0.05, 0) is 22.0 Å². The van der Waals surface area contributed by atoms with Crippen LogP contribution >= 0.6 is 39.0 Å². The maximum absolute atomic E-state index is 5.52. The van der Waals surface area contributed by atoms with Crippen molar-refractivity contribution in [3.8, 4) is 10.7 Å². The number of aromatic nitrogens is 2. The van der Waals surface area contributed by atoms with Gasteiger partial charge in [-0.3, -0.25) is 0 Å². The van der Waals surface area contributed by atoms with Gasteiger partial charge in [0.2, 0.25) is 0 Å². The lowest BCUT2D eigenvalue weighted by atomic mass is 10.2. The topological polar surface area (TPSA) is 63.8 Å². The Morgan fingerprint density at radius 2 is 2.24 bits per heavy atom. The highest BCUT2D eigenvalue weighted by molar-refractivity contribution is 9.10. The lowest BCUT2D eigenvalue weighted by molar-refractivity contribution is 1.06. The number of hydrogen-bond donors (Lipinski definition) is 2. The van der Waals surface area contributed by atoms with Crippen molar-refractivity contribution >= 4 is 44.8 Å². The van der Waals surface area contributed by atoms with Crippen molar-refractivity contribution in [2.24, 2.45) is 5.84 Å². The molecule has 4 nitrogen and oxygen atoms in total. The monoisotopic (exact) mass is 328 g/mol. The van der Waals surface area contributed by atoms with Crippen LogP contribution in [-0.4, -0.2) is 9.97 Å². The molecular formula is C10H9BrN4S2. The molecule has 1 aliphatic rings. The molecule has 0 bridgehead atoms. The van der Waals surface area contributed by atoms with Crippen molar-refractivity contribution in [3.05, 3.63) is 27.2 Å². The van der Waals surface area contributed by atoms with Gasteiger partial charge in [0.15, 0.2) is 5.82 Å². The number of hydrogen-bond acceptors (Lipinski definition) is 6. The van der Waals surface area contributed by atoms with Gasteiger partial charge in [0.1, 0.15) is 5.82 Å². The summed E-state index contributed by atoms with van der Waals surface area (Å²) in [4.78, 5) is 10.1. The summed E-state index contributed by atoms with van der Waals surface area (Å²) >= 11 is 6.90. The van der Waals surface area contributed by atoms with Gasteiger partial charge in [-0.1, -0.05) is 0 Å². The van der Waals surface area contributed by atoms with Gasteiger partial charge in [0.25, 0.3) is 0 Å². The maximum Gasteiger partial charge on any atom is 0.171 e. The number of thiophene rings is 1. The number of nitrogens with zero attached hydrogens (tertiary/aromatic N) is 2. The van der Waals surface area contributed by atoms with E-state index >= 15 is 0 Å². The molecule has 0 saturated carbocycles. The van der Waals surface area contributed by atoms with E-state index in [1.165, 1.54) is 0 Å². The van der Waals surface area contributed by atoms with E-state index < -0.39 is 0 Å². The summed E-state index contributed by atoms with van der Waals surface area (Å²) in [5.41, 5.74) is 4.90. The molecule has 3 rings (SSSR count). The third kappa shape index (κ3) is 2.08. The fourth-order valence-electron chi connectivity index (χ4n) is 1.71. The van der Waals surface area contributed by atoms with Crippen LogP contribution in [0.25, 0.3) is 10.7 Å². The van der Waals surface area contributed by atoms with Gasteiger partial charge >= 0.3 is 0 Å². The number of nitrogens with one attached hydrogen (secondary N) is 1. The van der Waals surface area contributed by atoms with Crippen LogP contribution in [0.5, 0.6) is 0 Å². The molecule has 0 spiro atoms. The van der Waals surface area contributed by atoms with Gasteiger partial charge in [0.05, 0.1) is 10.6 Å². The minimum atomic E-state index is 0.745. The average molecular weight is 329 g/mol. The van der Waals surface area contributed by atoms with Gasteiger partial charge in [-0.15, -0.1) is 11.3 Å². The molecule has 0 amide bonds. The Morgan fingerprint density at radius 3 is 2.94 bits per heavy atom. The van der Waals surface area contributed by atoms with Gasteiger partial charge < -0.3 is 5.43 Å². The van der Waals surface area contributed by atoms with Gasteiger partial charge in [0, 0.05) is 26.9 Å². The van der Waals surface area contributed by atoms with Crippen molar-refractivity contribution in [2.75, 3.05) is 5.43 Å². The molecule has 17 heavy (non-hydrogen) atoms. The first-order valence-corrected chi connectivity index (χ1v) is 7.79. The van der Waals surface area contributed by atoms with E-state index in [1.54, 1.807) is 11.3 Å². The minimum Gasteiger partial charge on any atom is -0.308 e. The Labute approximate surface area is 115 Å².